The number of nitrogens with one attached hydrogen (secondary N) is 1. The second-order valence-corrected chi connectivity index (χ2v) is 10.3. The first-order valence-corrected chi connectivity index (χ1v) is 12.9. The smallest absolute Gasteiger partial charge is 0.271 e. The van der Waals surface area contributed by atoms with Crippen LogP contribution < -0.4 is 14.2 Å². The van der Waals surface area contributed by atoms with Crippen molar-refractivity contribution in [1.82, 2.24) is 14.9 Å². The fraction of sp³-hybridized carbons (Fsp3) is 0.0870. The number of benzene rings is 3. The number of nitrogens with zero attached hydrogens (tertiary/aromatic N) is 3. The Hall–Kier alpha value is -3.72. The first-order chi connectivity index (χ1) is 16.9. The number of aromatic nitrogens is 2. The van der Waals surface area contributed by atoms with E-state index in [0.717, 1.165) is 11.1 Å². The van der Waals surface area contributed by atoms with Crippen molar-refractivity contribution in [3.05, 3.63) is 71.2 Å². The fourth-order valence-corrected chi connectivity index (χ4v) is 5.91. The van der Waals surface area contributed by atoms with E-state index in [9.17, 15) is 8.42 Å². The maximum absolute atomic E-state index is 12.8. The lowest BCUT2D eigenvalue weighted by Crippen LogP contribution is -2.19. The Morgan fingerprint density at radius 1 is 1.09 bits per heavy atom. The van der Waals surface area contributed by atoms with Crippen LogP contribution in [0.15, 0.2) is 75.0 Å². The summed E-state index contributed by atoms with van der Waals surface area (Å²) >= 11 is 7.76. The number of halogens is 1. The molecule has 0 bridgehead atoms. The number of rotatable bonds is 7. The van der Waals surface area contributed by atoms with Crippen molar-refractivity contribution in [2.24, 2.45) is 0 Å². The molecule has 9 nitrogen and oxygen atoms in total. The van der Waals surface area contributed by atoms with Gasteiger partial charge in [0.25, 0.3) is 15.9 Å². The molecule has 0 atom stereocenters. The van der Waals surface area contributed by atoms with Crippen LogP contribution >= 0.6 is 23.4 Å². The largest absolute Gasteiger partial charge is 0.454 e. The molecule has 176 valence electrons. The van der Waals surface area contributed by atoms with Gasteiger partial charge in [-0.3, -0.25) is 0 Å². The summed E-state index contributed by atoms with van der Waals surface area (Å²) in [5.74, 6) is 2.08. The summed E-state index contributed by atoms with van der Waals surface area (Å²) in [5.41, 5.74) is 1.85. The highest BCUT2D eigenvalue weighted by Gasteiger charge is 2.24. The molecule has 1 aliphatic rings. The van der Waals surface area contributed by atoms with Crippen LogP contribution in [0.5, 0.6) is 11.5 Å². The van der Waals surface area contributed by atoms with Gasteiger partial charge in [0, 0.05) is 16.2 Å². The Morgan fingerprint density at radius 2 is 1.89 bits per heavy atom. The third-order valence-electron chi connectivity index (χ3n) is 5.02. The van der Waals surface area contributed by atoms with E-state index in [1.165, 1.54) is 30.1 Å². The van der Waals surface area contributed by atoms with Gasteiger partial charge in [0.2, 0.25) is 12.6 Å². The Bertz CT molecular complexity index is 1550. The van der Waals surface area contributed by atoms with Crippen LogP contribution in [0.1, 0.15) is 5.56 Å². The molecule has 1 aromatic heterocycles. The second-order valence-electron chi connectivity index (χ2n) is 7.26. The Labute approximate surface area is 209 Å². The maximum Gasteiger partial charge on any atom is 0.271 e. The molecule has 0 unspecified atom stereocenters. The van der Waals surface area contributed by atoms with Crippen LogP contribution in [-0.2, 0) is 15.8 Å². The van der Waals surface area contributed by atoms with Crippen molar-refractivity contribution in [3.8, 4) is 40.5 Å². The summed E-state index contributed by atoms with van der Waals surface area (Å²) in [7, 11) is -4.17. The predicted molar refractivity (Wildman–Crippen MR) is 128 cm³/mol. The van der Waals surface area contributed by atoms with Crippen molar-refractivity contribution in [3.63, 3.8) is 0 Å². The summed E-state index contributed by atoms with van der Waals surface area (Å²) in [6.07, 6.45) is 1.47. The highest BCUT2D eigenvalue weighted by Crippen LogP contribution is 2.39. The van der Waals surface area contributed by atoms with E-state index in [2.05, 4.69) is 10.1 Å². The highest BCUT2D eigenvalue weighted by molar-refractivity contribution is 7.99. The van der Waals surface area contributed by atoms with E-state index in [4.69, 9.17) is 30.9 Å². The minimum absolute atomic E-state index is 0.0505. The van der Waals surface area contributed by atoms with E-state index in [1.54, 1.807) is 6.07 Å². The molecule has 0 saturated carbocycles. The molecule has 0 amide bonds. The number of hydrogen-bond donors (Lipinski definition) is 1. The number of ether oxygens (including phenoxy) is 2. The van der Waals surface area contributed by atoms with E-state index in [1.807, 2.05) is 47.2 Å². The number of fused-ring (bicyclic) bond motifs is 1. The summed E-state index contributed by atoms with van der Waals surface area (Å²) in [6.45, 7) is 0.160. The highest BCUT2D eigenvalue weighted by atomic mass is 35.5. The quantitative estimate of drug-likeness (QED) is 0.204. The normalized spacial score (nSPS) is 12.3. The molecule has 2 heterocycles. The Balaban J connectivity index is 1.50. The molecule has 0 spiro atoms. The molecule has 12 heteroatoms. The van der Waals surface area contributed by atoms with Crippen molar-refractivity contribution in [2.45, 2.75) is 15.5 Å². The first-order valence-electron chi connectivity index (χ1n) is 10.1. The Morgan fingerprint density at radius 3 is 2.69 bits per heavy atom. The predicted octanol–water partition coefficient (Wildman–Crippen LogP) is 4.84. The van der Waals surface area contributed by atoms with Crippen LogP contribution in [0, 0.1) is 11.5 Å². The summed E-state index contributed by atoms with van der Waals surface area (Å²) in [4.78, 5) is 4.58. The fourth-order valence-electron chi connectivity index (χ4n) is 3.37. The molecule has 1 aliphatic heterocycles. The molecule has 4 aromatic rings. The van der Waals surface area contributed by atoms with E-state index < -0.39 is 10.0 Å². The van der Waals surface area contributed by atoms with E-state index in [-0.39, 0.29) is 28.2 Å². The van der Waals surface area contributed by atoms with Gasteiger partial charge in [-0.2, -0.15) is 10.2 Å². The van der Waals surface area contributed by atoms with Gasteiger partial charge in [-0.25, -0.2) is 13.1 Å². The zero-order chi connectivity index (χ0) is 24.4. The third-order valence-corrected chi connectivity index (χ3v) is 7.87. The van der Waals surface area contributed by atoms with Gasteiger partial charge in [0.05, 0.1) is 10.6 Å². The van der Waals surface area contributed by atoms with Gasteiger partial charge in [0.15, 0.2) is 17.7 Å². The zero-order valence-electron chi connectivity index (χ0n) is 17.8. The molecule has 3 aromatic carbocycles. The zero-order valence-corrected chi connectivity index (χ0v) is 20.2. The standard InChI is InChI=1S/C23H15ClN4O5S2/c24-17-10-20(34-11-14-6-7-18-19(8-14)32-13-31-18)21(35(29,30)26-12-25)9-16(17)23-27-22(28-33-23)15-4-2-1-3-5-15/h1-10,26H,11,13H2. The first kappa shape index (κ1) is 23.0. The molecule has 0 radical (unpaired) electrons. The average molecular weight is 527 g/mol. The van der Waals surface area contributed by atoms with Crippen molar-refractivity contribution < 1.29 is 22.4 Å². The maximum atomic E-state index is 12.8. The summed E-state index contributed by atoms with van der Waals surface area (Å²) < 4.78 is 43.6. The third kappa shape index (κ3) is 4.77. The van der Waals surface area contributed by atoms with Gasteiger partial charge >= 0.3 is 0 Å². The molecular formula is C23H15ClN4O5S2. The van der Waals surface area contributed by atoms with Gasteiger partial charge in [-0.05, 0) is 29.8 Å². The Kier molecular flexibility index (Phi) is 6.25. The summed E-state index contributed by atoms with van der Waals surface area (Å²) in [6, 6.07) is 17.5. The average Bonchev–Trinajstić information content (AvgIpc) is 3.53. The van der Waals surface area contributed by atoms with Crippen molar-refractivity contribution in [2.75, 3.05) is 6.79 Å². The van der Waals surface area contributed by atoms with Gasteiger partial charge in [-0.15, -0.1) is 11.8 Å². The second kappa shape index (κ2) is 9.50. The molecular weight excluding hydrogens is 512 g/mol. The minimum atomic E-state index is -4.17. The van der Waals surface area contributed by atoms with E-state index in [0.29, 0.717) is 28.0 Å². The van der Waals surface area contributed by atoms with Crippen molar-refractivity contribution in [1.29, 1.82) is 5.26 Å². The molecule has 35 heavy (non-hydrogen) atoms. The lowest BCUT2D eigenvalue weighted by Gasteiger charge is -2.12. The number of sulfonamides is 1. The van der Waals surface area contributed by atoms with Crippen LogP contribution in [0.2, 0.25) is 5.02 Å². The van der Waals surface area contributed by atoms with Crippen LogP contribution in [-0.4, -0.2) is 25.4 Å². The monoisotopic (exact) mass is 526 g/mol. The SMILES string of the molecule is N#CNS(=O)(=O)c1cc(-c2nc(-c3ccccc3)no2)c(Cl)cc1SCc1ccc2c(c1)OCO2. The molecule has 0 saturated heterocycles. The molecule has 0 fully saturated rings. The van der Waals surface area contributed by atoms with E-state index >= 15 is 0 Å². The van der Waals surface area contributed by atoms with Gasteiger partial charge in [0.1, 0.15) is 4.90 Å². The van der Waals surface area contributed by atoms with Crippen LogP contribution in [0.3, 0.4) is 0 Å². The lowest BCUT2D eigenvalue weighted by molar-refractivity contribution is 0.174. The van der Waals surface area contributed by atoms with Crippen molar-refractivity contribution >= 4 is 33.4 Å². The molecule has 1 N–H and O–H groups in total. The van der Waals surface area contributed by atoms with Crippen LogP contribution in [0.4, 0.5) is 0 Å². The lowest BCUT2D eigenvalue weighted by atomic mass is 10.2. The topological polar surface area (TPSA) is 127 Å². The summed E-state index contributed by atoms with van der Waals surface area (Å²) in [5, 5.41) is 13.2. The van der Waals surface area contributed by atoms with Gasteiger partial charge in [-0.1, -0.05) is 53.2 Å². The van der Waals surface area contributed by atoms with Gasteiger partial charge < -0.3 is 14.0 Å². The number of hydrogen-bond acceptors (Lipinski definition) is 9. The molecule has 0 aliphatic carbocycles. The van der Waals surface area contributed by atoms with Crippen LogP contribution in [0.25, 0.3) is 22.8 Å². The minimum Gasteiger partial charge on any atom is -0.454 e. The molecule has 5 rings (SSSR count). The number of thioether (sulfide) groups is 1. The number of nitriles is 1.